The number of anilines is 1. The largest absolute Gasteiger partial charge is 0.478 e. The van der Waals surface area contributed by atoms with E-state index >= 15 is 0 Å². The maximum absolute atomic E-state index is 13.2. The van der Waals surface area contributed by atoms with E-state index in [1.807, 2.05) is 6.92 Å². The third-order valence-corrected chi connectivity index (χ3v) is 3.10. The number of carboxylic acids is 1. The van der Waals surface area contributed by atoms with E-state index in [2.05, 4.69) is 5.32 Å². The Bertz CT molecular complexity index is 712. The Balaban J connectivity index is 2.35. The summed E-state index contributed by atoms with van der Waals surface area (Å²) in [5.41, 5.74) is -0.0268. The van der Waals surface area contributed by atoms with Crippen LogP contribution < -0.4 is 5.32 Å². The lowest BCUT2D eigenvalue weighted by Crippen LogP contribution is -2.18. The molecule has 0 atom stereocenters. The van der Waals surface area contributed by atoms with Crippen molar-refractivity contribution in [1.82, 2.24) is 4.57 Å². The van der Waals surface area contributed by atoms with Gasteiger partial charge in [0.15, 0.2) is 0 Å². The maximum atomic E-state index is 13.2. The van der Waals surface area contributed by atoms with E-state index in [9.17, 15) is 14.0 Å². The highest BCUT2D eigenvalue weighted by atomic mass is 35.5. The molecule has 1 aromatic carbocycles. The Morgan fingerprint density at radius 2 is 2.10 bits per heavy atom. The summed E-state index contributed by atoms with van der Waals surface area (Å²) in [5.74, 6) is -2.45. The van der Waals surface area contributed by atoms with Gasteiger partial charge in [-0.25, -0.2) is 9.18 Å². The van der Waals surface area contributed by atoms with Gasteiger partial charge in [-0.15, -0.1) is 0 Å². The standard InChI is InChI=1S/C14H12ClFN2O3/c1-2-18-7-8(15)5-12(18)13(19)17-11-6-9(16)3-4-10(11)14(20)21/h3-7H,2H2,1H3,(H,17,19)(H,20,21). The number of hydrogen-bond donors (Lipinski definition) is 2. The van der Waals surface area contributed by atoms with E-state index in [-0.39, 0.29) is 16.9 Å². The number of carboxylic acid groups (broad SMARTS) is 1. The molecule has 0 fully saturated rings. The lowest BCUT2D eigenvalue weighted by molar-refractivity contribution is 0.0698. The molecule has 21 heavy (non-hydrogen) atoms. The molecule has 0 unspecified atom stereocenters. The second-order valence-electron chi connectivity index (χ2n) is 4.28. The van der Waals surface area contributed by atoms with Gasteiger partial charge in [0.1, 0.15) is 11.5 Å². The predicted octanol–water partition coefficient (Wildman–Crippen LogP) is 3.25. The molecule has 110 valence electrons. The fourth-order valence-corrected chi connectivity index (χ4v) is 2.14. The van der Waals surface area contributed by atoms with Crippen molar-refractivity contribution in [2.45, 2.75) is 13.5 Å². The smallest absolute Gasteiger partial charge is 0.337 e. The molecule has 2 rings (SSSR count). The minimum Gasteiger partial charge on any atom is -0.478 e. The van der Waals surface area contributed by atoms with Gasteiger partial charge in [0.2, 0.25) is 0 Å². The van der Waals surface area contributed by atoms with Crippen molar-refractivity contribution in [2.75, 3.05) is 5.32 Å². The average Bonchev–Trinajstić information content (AvgIpc) is 2.79. The predicted molar refractivity (Wildman–Crippen MR) is 76.4 cm³/mol. The molecule has 0 bridgehead atoms. The van der Waals surface area contributed by atoms with Gasteiger partial charge in [-0.1, -0.05) is 11.6 Å². The Morgan fingerprint density at radius 1 is 1.38 bits per heavy atom. The molecule has 1 aromatic heterocycles. The summed E-state index contributed by atoms with van der Waals surface area (Å²) < 4.78 is 14.9. The summed E-state index contributed by atoms with van der Waals surface area (Å²) in [5, 5.41) is 11.8. The summed E-state index contributed by atoms with van der Waals surface area (Å²) in [6.45, 7) is 2.35. The lowest BCUT2D eigenvalue weighted by Gasteiger charge is -2.10. The molecule has 0 spiro atoms. The van der Waals surface area contributed by atoms with E-state index in [0.717, 1.165) is 18.2 Å². The van der Waals surface area contributed by atoms with Gasteiger partial charge in [0.25, 0.3) is 5.91 Å². The number of nitrogens with zero attached hydrogens (tertiary/aromatic N) is 1. The number of benzene rings is 1. The fourth-order valence-electron chi connectivity index (χ4n) is 1.92. The van der Waals surface area contributed by atoms with E-state index in [1.165, 1.54) is 6.07 Å². The number of nitrogens with one attached hydrogen (secondary N) is 1. The van der Waals surface area contributed by atoms with Crippen LogP contribution in [0, 0.1) is 5.82 Å². The van der Waals surface area contributed by atoms with E-state index < -0.39 is 17.7 Å². The fraction of sp³-hybridized carbons (Fsp3) is 0.143. The van der Waals surface area contributed by atoms with Crippen LogP contribution in [0.25, 0.3) is 0 Å². The number of halogens is 2. The van der Waals surface area contributed by atoms with Crippen LogP contribution in [0.3, 0.4) is 0 Å². The zero-order valence-electron chi connectivity index (χ0n) is 11.1. The van der Waals surface area contributed by atoms with Crippen molar-refractivity contribution in [3.63, 3.8) is 0 Å². The SMILES string of the molecule is CCn1cc(Cl)cc1C(=O)Nc1cc(F)ccc1C(=O)O. The number of rotatable bonds is 4. The number of amides is 1. The molecule has 2 N–H and O–H groups in total. The molecule has 0 saturated carbocycles. The first-order valence-corrected chi connectivity index (χ1v) is 6.50. The van der Waals surface area contributed by atoms with Gasteiger partial charge in [0.05, 0.1) is 16.3 Å². The molecule has 0 aliphatic heterocycles. The average molecular weight is 311 g/mol. The maximum Gasteiger partial charge on any atom is 0.337 e. The number of carbonyl (C=O) groups excluding carboxylic acids is 1. The van der Waals surface area contributed by atoms with Gasteiger partial charge < -0.3 is 15.0 Å². The second-order valence-corrected chi connectivity index (χ2v) is 4.72. The summed E-state index contributed by atoms with van der Waals surface area (Å²) in [6.07, 6.45) is 1.58. The summed E-state index contributed by atoms with van der Waals surface area (Å²) in [7, 11) is 0. The summed E-state index contributed by atoms with van der Waals surface area (Å²) in [6, 6.07) is 4.53. The number of aromatic carboxylic acids is 1. The molecule has 1 amide bonds. The van der Waals surface area contributed by atoms with Crippen LogP contribution in [0.2, 0.25) is 5.02 Å². The Morgan fingerprint density at radius 3 is 2.71 bits per heavy atom. The first-order valence-electron chi connectivity index (χ1n) is 6.12. The first-order chi connectivity index (χ1) is 9.92. The third kappa shape index (κ3) is 3.22. The molecule has 0 radical (unpaired) electrons. The molecule has 5 nitrogen and oxygen atoms in total. The van der Waals surface area contributed by atoms with E-state index in [4.69, 9.17) is 16.7 Å². The van der Waals surface area contributed by atoms with E-state index in [1.54, 1.807) is 10.8 Å². The van der Waals surface area contributed by atoms with Gasteiger partial charge in [-0.3, -0.25) is 4.79 Å². The van der Waals surface area contributed by atoms with Crippen LogP contribution in [-0.2, 0) is 6.54 Å². The molecule has 0 aliphatic rings. The van der Waals surface area contributed by atoms with Crippen LogP contribution in [-0.4, -0.2) is 21.6 Å². The quantitative estimate of drug-likeness (QED) is 0.910. The monoisotopic (exact) mass is 310 g/mol. The normalized spacial score (nSPS) is 10.4. The molecule has 0 aliphatic carbocycles. The topological polar surface area (TPSA) is 71.3 Å². The van der Waals surface area contributed by atoms with Crippen molar-refractivity contribution in [3.8, 4) is 0 Å². The molecule has 0 saturated heterocycles. The van der Waals surface area contributed by atoms with Crippen molar-refractivity contribution >= 4 is 29.2 Å². The minimum atomic E-state index is -1.26. The van der Waals surface area contributed by atoms with Crippen molar-refractivity contribution in [2.24, 2.45) is 0 Å². The number of hydrogen-bond acceptors (Lipinski definition) is 2. The Labute approximate surface area is 125 Å². The van der Waals surface area contributed by atoms with Crippen LogP contribution in [0.4, 0.5) is 10.1 Å². The Hall–Kier alpha value is -2.34. The molecule has 2 aromatic rings. The van der Waals surface area contributed by atoms with Gasteiger partial charge >= 0.3 is 5.97 Å². The first kappa shape index (κ1) is 15.1. The van der Waals surface area contributed by atoms with Crippen molar-refractivity contribution in [3.05, 3.63) is 52.6 Å². The van der Waals surface area contributed by atoms with Crippen molar-refractivity contribution < 1.29 is 19.1 Å². The Kier molecular flexibility index (Phi) is 4.28. The van der Waals surface area contributed by atoms with Crippen LogP contribution >= 0.6 is 11.6 Å². The second kappa shape index (κ2) is 5.97. The molecular formula is C14H12ClFN2O3. The number of carbonyl (C=O) groups is 2. The highest BCUT2D eigenvalue weighted by molar-refractivity contribution is 6.31. The van der Waals surface area contributed by atoms with Gasteiger partial charge in [-0.2, -0.15) is 0 Å². The zero-order valence-corrected chi connectivity index (χ0v) is 11.8. The number of aryl methyl sites for hydroxylation is 1. The lowest BCUT2D eigenvalue weighted by atomic mass is 10.1. The van der Waals surface area contributed by atoms with E-state index in [0.29, 0.717) is 11.6 Å². The molecule has 1 heterocycles. The zero-order chi connectivity index (χ0) is 15.6. The third-order valence-electron chi connectivity index (χ3n) is 2.90. The molecular weight excluding hydrogens is 299 g/mol. The summed E-state index contributed by atoms with van der Waals surface area (Å²) in [4.78, 5) is 23.3. The van der Waals surface area contributed by atoms with Crippen LogP contribution in [0.5, 0.6) is 0 Å². The van der Waals surface area contributed by atoms with Gasteiger partial charge in [-0.05, 0) is 31.2 Å². The summed E-state index contributed by atoms with van der Waals surface area (Å²) >= 11 is 5.84. The van der Waals surface area contributed by atoms with Crippen molar-refractivity contribution in [1.29, 1.82) is 0 Å². The molecule has 7 heteroatoms. The van der Waals surface area contributed by atoms with Gasteiger partial charge in [0, 0.05) is 12.7 Å². The van der Waals surface area contributed by atoms with Crippen LogP contribution in [0.15, 0.2) is 30.5 Å². The highest BCUT2D eigenvalue weighted by Gasteiger charge is 2.17. The van der Waals surface area contributed by atoms with Crippen LogP contribution in [0.1, 0.15) is 27.8 Å². The minimum absolute atomic E-state index is 0.104. The number of aromatic nitrogens is 1. The highest BCUT2D eigenvalue weighted by Crippen LogP contribution is 2.20.